The van der Waals surface area contributed by atoms with Gasteiger partial charge in [0.15, 0.2) is 5.96 Å². The molecule has 4 heteroatoms. The summed E-state index contributed by atoms with van der Waals surface area (Å²) in [4.78, 5) is 6.83. The van der Waals surface area contributed by atoms with Gasteiger partial charge in [-0.1, -0.05) is 6.42 Å². The van der Waals surface area contributed by atoms with Gasteiger partial charge >= 0.3 is 0 Å². The molecule has 0 aromatic heterocycles. The average Bonchev–Trinajstić information content (AvgIpc) is 2.72. The van der Waals surface area contributed by atoms with Gasteiger partial charge in [-0.25, -0.2) is 0 Å². The molecule has 2 aliphatic rings. The lowest BCUT2D eigenvalue weighted by Crippen LogP contribution is -2.40. The molecular weight excluding hydrogens is 176 g/mol. The van der Waals surface area contributed by atoms with Crippen LogP contribution in [-0.4, -0.2) is 50.1 Å². The molecule has 2 rings (SSSR count). The molecule has 0 atom stereocenters. The largest absolute Gasteiger partial charge is 0.355 e. The van der Waals surface area contributed by atoms with E-state index in [-0.39, 0.29) is 0 Å². The lowest BCUT2D eigenvalue weighted by Gasteiger charge is -2.26. The number of nitrogens with one attached hydrogen (secondary N) is 2. The van der Waals surface area contributed by atoms with E-state index >= 15 is 0 Å². The second-order valence-electron chi connectivity index (χ2n) is 3.99. The Balaban J connectivity index is 1.57. The molecule has 2 aliphatic heterocycles. The Kier molecular flexibility index (Phi) is 3.63. The summed E-state index contributed by atoms with van der Waals surface area (Å²) < 4.78 is 0. The van der Waals surface area contributed by atoms with Crippen LogP contribution in [0.5, 0.6) is 0 Å². The molecule has 0 amide bonds. The zero-order valence-corrected chi connectivity index (χ0v) is 8.76. The molecule has 2 heterocycles. The van der Waals surface area contributed by atoms with Crippen molar-refractivity contribution >= 4 is 5.96 Å². The van der Waals surface area contributed by atoms with Crippen molar-refractivity contribution in [1.29, 1.82) is 0 Å². The van der Waals surface area contributed by atoms with E-state index in [4.69, 9.17) is 0 Å². The molecular formula is C10H20N4. The maximum Gasteiger partial charge on any atom is 0.191 e. The van der Waals surface area contributed by atoms with Gasteiger partial charge in [-0.2, -0.15) is 0 Å². The van der Waals surface area contributed by atoms with Crippen LogP contribution in [0.25, 0.3) is 0 Å². The van der Waals surface area contributed by atoms with E-state index in [1.165, 1.54) is 32.4 Å². The SMILES string of the molecule is C1CCN(CCNC2=NCCN2)CC1. The summed E-state index contributed by atoms with van der Waals surface area (Å²) in [5.41, 5.74) is 0. The monoisotopic (exact) mass is 196 g/mol. The molecule has 0 aromatic carbocycles. The standard InChI is InChI=1S/C10H20N4/c1-2-7-14(8-3-1)9-6-13-10-11-4-5-12-10/h1-9H2,(H2,11,12,13). The van der Waals surface area contributed by atoms with Gasteiger partial charge in [0, 0.05) is 19.6 Å². The number of likely N-dealkylation sites (tertiary alicyclic amines) is 1. The summed E-state index contributed by atoms with van der Waals surface area (Å²) >= 11 is 0. The molecule has 0 aromatic rings. The molecule has 0 bridgehead atoms. The summed E-state index contributed by atoms with van der Waals surface area (Å²) in [7, 11) is 0. The predicted octanol–water partition coefficient (Wildman–Crippen LogP) is 0.0211. The van der Waals surface area contributed by atoms with E-state index < -0.39 is 0 Å². The highest BCUT2D eigenvalue weighted by Gasteiger charge is 2.09. The van der Waals surface area contributed by atoms with Crippen LogP contribution in [0.15, 0.2) is 4.99 Å². The van der Waals surface area contributed by atoms with Gasteiger partial charge in [-0.3, -0.25) is 4.99 Å². The summed E-state index contributed by atoms with van der Waals surface area (Å²) in [6.45, 7) is 6.65. The van der Waals surface area contributed by atoms with Gasteiger partial charge in [0.1, 0.15) is 0 Å². The van der Waals surface area contributed by atoms with Crippen LogP contribution in [0.1, 0.15) is 19.3 Å². The van der Waals surface area contributed by atoms with Crippen LogP contribution >= 0.6 is 0 Å². The number of guanidine groups is 1. The van der Waals surface area contributed by atoms with Gasteiger partial charge in [0.05, 0.1) is 6.54 Å². The Labute approximate surface area is 85.8 Å². The van der Waals surface area contributed by atoms with E-state index in [1.807, 2.05) is 0 Å². The van der Waals surface area contributed by atoms with Crippen molar-refractivity contribution in [2.75, 3.05) is 39.3 Å². The highest BCUT2D eigenvalue weighted by Crippen LogP contribution is 2.07. The van der Waals surface area contributed by atoms with E-state index in [0.717, 1.165) is 32.1 Å². The number of rotatable bonds is 3. The Bertz CT molecular complexity index is 196. The minimum Gasteiger partial charge on any atom is -0.355 e. The average molecular weight is 196 g/mol. The van der Waals surface area contributed by atoms with Gasteiger partial charge in [-0.05, 0) is 25.9 Å². The first-order chi connectivity index (χ1) is 6.95. The minimum atomic E-state index is 0.923. The third kappa shape index (κ3) is 2.87. The molecule has 1 saturated heterocycles. The summed E-state index contributed by atoms with van der Waals surface area (Å²) in [6.07, 6.45) is 4.16. The number of hydrogen-bond acceptors (Lipinski definition) is 4. The van der Waals surface area contributed by atoms with E-state index in [9.17, 15) is 0 Å². The van der Waals surface area contributed by atoms with Gasteiger partial charge in [0.25, 0.3) is 0 Å². The number of aliphatic imine (C=N–C) groups is 1. The second kappa shape index (κ2) is 5.20. The van der Waals surface area contributed by atoms with Gasteiger partial charge in [0.2, 0.25) is 0 Å². The van der Waals surface area contributed by atoms with E-state index in [0.29, 0.717) is 0 Å². The number of nitrogens with zero attached hydrogens (tertiary/aromatic N) is 2. The van der Waals surface area contributed by atoms with Crippen LogP contribution in [0, 0.1) is 0 Å². The minimum absolute atomic E-state index is 0.923. The fourth-order valence-electron chi connectivity index (χ4n) is 2.03. The molecule has 0 aliphatic carbocycles. The van der Waals surface area contributed by atoms with E-state index in [2.05, 4.69) is 20.5 Å². The smallest absolute Gasteiger partial charge is 0.191 e. The first kappa shape index (κ1) is 9.77. The highest BCUT2D eigenvalue weighted by molar-refractivity contribution is 5.81. The molecule has 0 saturated carbocycles. The Morgan fingerprint density at radius 2 is 2.14 bits per heavy atom. The maximum absolute atomic E-state index is 4.29. The zero-order chi connectivity index (χ0) is 9.64. The molecule has 0 unspecified atom stereocenters. The zero-order valence-electron chi connectivity index (χ0n) is 8.76. The van der Waals surface area contributed by atoms with Crippen molar-refractivity contribution in [1.82, 2.24) is 15.5 Å². The normalized spacial score (nSPS) is 23.0. The summed E-state index contributed by atoms with van der Waals surface area (Å²) in [5.74, 6) is 0.988. The third-order valence-corrected chi connectivity index (χ3v) is 2.84. The van der Waals surface area contributed by atoms with Gasteiger partial charge in [-0.15, -0.1) is 0 Å². The maximum atomic E-state index is 4.29. The topological polar surface area (TPSA) is 39.7 Å². The fraction of sp³-hybridized carbons (Fsp3) is 0.900. The Morgan fingerprint density at radius 1 is 1.29 bits per heavy atom. The third-order valence-electron chi connectivity index (χ3n) is 2.84. The summed E-state index contributed by atoms with van der Waals surface area (Å²) in [6, 6.07) is 0. The summed E-state index contributed by atoms with van der Waals surface area (Å²) in [5, 5.41) is 6.54. The van der Waals surface area contributed by atoms with Crippen LogP contribution in [0.4, 0.5) is 0 Å². The predicted molar refractivity (Wildman–Crippen MR) is 58.6 cm³/mol. The second-order valence-corrected chi connectivity index (χ2v) is 3.99. The Morgan fingerprint density at radius 3 is 2.86 bits per heavy atom. The Hall–Kier alpha value is -0.770. The molecule has 0 spiro atoms. The molecule has 2 N–H and O–H groups in total. The quantitative estimate of drug-likeness (QED) is 0.668. The van der Waals surface area contributed by atoms with Crippen molar-refractivity contribution < 1.29 is 0 Å². The fourth-order valence-corrected chi connectivity index (χ4v) is 2.03. The van der Waals surface area contributed by atoms with Crippen LogP contribution < -0.4 is 10.6 Å². The van der Waals surface area contributed by atoms with E-state index in [1.54, 1.807) is 0 Å². The van der Waals surface area contributed by atoms with Crippen molar-refractivity contribution in [2.45, 2.75) is 19.3 Å². The number of piperidine rings is 1. The van der Waals surface area contributed by atoms with Crippen LogP contribution in [-0.2, 0) is 0 Å². The van der Waals surface area contributed by atoms with Crippen LogP contribution in [0.2, 0.25) is 0 Å². The lowest BCUT2D eigenvalue weighted by molar-refractivity contribution is 0.232. The first-order valence-corrected chi connectivity index (χ1v) is 5.70. The molecule has 0 radical (unpaired) electrons. The van der Waals surface area contributed by atoms with Crippen LogP contribution in [0.3, 0.4) is 0 Å². The van der Waals surface area contributed by atoms with Crippen molar-refractivity contribution in [2.24, 2.45) is 4.99 Å². The molecule has 1 fully saturated rings. The lowest BCUT2D eigenvalue weighted by atomic mass is 10.1. The van der Waals surface area contributed by atoms with Gasteiger partial charge < -0.3 is 15.5 Å². The first-order valence-electron chi connectivity index (χ1n) is 5.70. The molecule has 14 heavy (non-hydrogen) atoms. The molecule has 80 valence electrons. The molecule has 4 nitrogen and oxygen atoms in total. The number of hydrogen-bond donors (Lipinski definition) is 2. The van der Waals surface area contributed by atoms with Crippen molar-refractivity contribution in [3.05, 3.63) is 0 Å². The highest BCUT2D eigenvalue weighted by atomic mass is 15.2. The van der Waals surface area contributed by atoms with Crippen molar-refractivity contribution in [3.8, 4) is 0 Å². The van der Waals surface area contributed by atoms with Crippen molar-refractivity contribution in [3.63, 3.8) is 0 Å².